The maximum absolute atomic E-state index is 13.0. The Morgan fingerprint density at radius 1 is 1.21 bits per heavy atom. The van der Waals surface area contributed by atoms with Gasteiger partial charge >= 0.3 is 0 Å². The first-order valence-electron chi connectivity index (χ1n) is 9.46. The standard InChI is InChI=1S/C22H22ClN3O3/c1-2-3-6-12-26-18-11-5-4-10-17(18)20(27)19(22(26)29)21(28)25-24-14-15-8-7-9-16(23)13-15/h4-5,7-11,13-14,27H,2-3,6,12H2,1H3,(H,25,28)/b24-14+. The number of halogens is 1. The van der Waals surface area contributed by atoms with Crippen LogP contribution in [0.25, 0.3) is 10.9 Å². The number of fused-ring (bicyclic) bond motifs is 1. The van der Waals surface area contributed by atoms with Crippen LogP contribution in [0.2, 0.25) is 5.02 Å². The fourth-order valence-electron chi connectivity index (χ4n) is 3.14. The second kappa shape index (κ2) is 9.39. The molecule has 0 radical (unpaired) electrons. The first kappa shape index (κ1) is 20.6. The Balaban J connectivity index is 1.95. The highest BCUT2D eigenvalue weighted by Gasteiger charge is 2.21. The fraction of sp³-hybridized carbons (Fsp3) is 0.227. The summed E-state index contributed by atoms with van der Waals surface area (Å²) in [5.41, 5.74) is 2.77. The van der Waals surface area contributed by atoms with Crippen LogP contribution in [0.1, 0.15) is 42.1 Å². The number of pyridine rings is 1. The summed E-state index contributed by atoms with van der Waals surface area (Å²) in [5, 5.41) is 15.5. The number of hydrazone groups is 1. The predicted octanol–water partition coefficient (Wildman–Crippen LogP) is 4.31. The third kappa shape index (κ3) is 4.66. The number of carbonyl (C=O) groups excluding carboxylic acids is 1. The van der Waals surface area contributed by atoms with Crippen LogP contribution in [-0.4, -0.2) is 21.8 Å². The molecule has 6 nitrogen and oxygen atoms in total. The molecule has 0 atom stereocenters. The van der Waals surface area contributed by atoms with Gasteiger partial charge in [0, 0.05) is 17.0 Å². The third-order valence-electron chi connectivity index (χ3n) is 4.59. The number of benzene rings is 2. The molecular weight excluding hydrogens is 390 g/mol. The topological polar surface area (TPSA) is 83.7 Å². The minimum absolute atomic E-state index is 0.316. The number of hydrogen-bond acceptors (Lipinski definition) is 4. The second-order valence-corrected chi connectivity index (χ2v) is 7.10. The highest BCUT2D eigenvalue weighted by molar-refractivity contribution is 6.30. The van der Waals surface area contributed by atoms with Crippen LogP contribution in [0, 0.1) is 0 Å². The molecule has 1 heterocycles. The van der Waals surface area contributed by atoms with Gasteiger partial charge in [-0.25, -0.2) is 5.43 Å². The van der Waals surface area contributed by atoms with E-state index in [0.717, 1.165) is 19.3 Å². The van der Waals surface area contributed by atoms with Crippen molar-refractivity contribution in [3.05, 3.63) is 75.0 Å². The van der Waals surface area contributed by atoms with Crippen LogP contribution < -0.4 is 11.0 Å². The van der Waals surface area contributed by atoms with E-state index in [9.17, 15) is 14.7 Å². The van der Waals surface area contributed by atoms with Gasteiger partial charge in [-0.2, -0.15) is 5.10 Å². The van der Waals surface area contributed by atoms with Crippen molar-refractivity contribution in [2.45, 2.75) is 32.7 Å². The lowest BCUT2D eigenvalue weighted by molar-refractivity contribution is 0.0950. The maximum atomic E-state index is 13.0. The van der Waals surface area contributed by atoms with Crippen molar-refractivity contribution < 1.29 is 9.90 Å². The van der Waals surface area contributed by atoms with E-state index in [2.05, 4.69) is 17.5 Å². The molecule has 0 unspecified atom stereocenters. The average molecular weight is 412 g/mol. The van der Waals surface area contributed by atoms with E-state index in [0.29, 0.717) is 28.0 Å². The Labute approximate surface area is 173 Å². The SMILES string of the molecule is CCCCCn1c(=O)c(C(=O)N/N=C/c2cccc(Cl)c2)c(O)c2ccccc21. The van der Waals surface area contributed by atoms with E-state index >= 15 is 0 Å². The molecule has 0 spiro atoms. The van der Waals surface area contributed by atoms with Crippen LogP contribution >= 0.6 is 11.6 Å². The first-order chi connectivity index (χ1) is 14.0. The molecule has 0 saturated heterocycles. The van der Waals surface area contributed by atoms with Gasteiger partial charge in [0.15, 0.2) is 0 Å². The summed E-state index contributed by atoms with van der Waals surface area (Å²) < 4.78 is 1.54. The Morgan fingerprint density at radius 3 is 2.76 bits per heavy atom. The number of para-hydroxylation sites is 1. The van der Waals surface area contributed by atoms with Gasteiger partial charge in [-0.15, -0.1) is 0 Å². The van der Waals surface area contributed by atoms with Gasteiger partial charge in [0.05, 0.1) is 11.7 Å². The average Bonchev–Trinajstić information content (AvgIpc) is 2.71. The number of rotatable bonds is 7. The molecule has 29 heavy (non-hydrogen) atoms. The van der Waals surface area contributed by atoms with Crippen LogP contribution in [0.5, 0.6) is 5.75 Å². The molecule has 0 aliphatic carbocycles. The summed E-state index contributed by atoms with van der Waals surface area (Å²) in [5.74, 6) is -1.10. The largest absolute Gasteiger partial charge is 0.506 e. The summed E-state index contributed by atoms with van der Waals surface area (Å²) in [7, 11) is 0. The van der Waals surface area contributed by atoms with E-state index in [4.69, 9.17) is 11.6 Å². The van der Waals surface area contributed by atoms with Gasteiger partial charge in [-0.3, -0.25) is 9.59 Å². The molecule has 0 saturated carbocycles. The first-order valence-corrected chi connectivity index (χ1v) is 9.84. The lowest BCUT2D eigenvalue weighted by atomic mass is 10.1. The number of carbonyl (C=O) groups is 1. The molecule has 150 valence electrons. The molecule has 7 heteroatoms. The van der Waals surface area contributed by atoms with Crippen molar-refractivity contribution in [2.75, 3.05) is 0 Å². The number of nitrogens with one attached hydrogen (secondary N) is 1. The van der Waals surface area contributed by atoms with Gasteiger partial charge in [-0.05, 0) is 36.2 Å². The fourth-order valence-corrected chi connectivity index (χ4v) is 3.34. The molecule has 0 aliphatic rings. The molecule has 0 bridgehead atoms. The number of hydrogen-bond donors (Lipinski definition) is 2. The van der Waals surface area contributed by atoms with Gasteiger partial charge in [0.25, 0.3) is 11.5 Å². The lowest BCUT2D eigenvalue weighted by Gasteiger charge is -2.14. The monoisotopic (exact) mass is 411 g/mol. The molecule has 0 aliphatic heterocycles. The van der Waals surface area contributed by atoms with E-state index in [-0.39, 0.29) is 11.3 Å². The molecular formula is C22H22ClN3O3. The van der Waals surface area contributed by atoms with Gasteiger partial charge in [0.1, 0.15) is 11.3 Å². The Morgan fingerprint density at radius 2 is 2.00 bits per heavy atom. The number of unbranched alkanes of at least 4 members (excludes halogenated alkanes) is 2. The Kier molecular flexibility index (Phi) is 6.67. The summed E-state index contributed by atoms with van der Waals surface area (Å²) in [6.45, 7) is 2.55. The lowest BCUT2D eigenvalue weighted by Crippen LogP contribution is -2.31. The zero-order valence-corrected chi connectivity index (χ0v) is 16.8. The minimum atomic E-state index is -0.763. The van der Waals surface area contributed by atoms with Crippen molar-refractivity contribution in [2.24, 2.45) is 5.10 Å². The smallest absolute Gasteiger partial charge is 0.280 e. The second-order valence-electron chi connectivity index (χ2n) is 6.66. The number of aromatic hydroxyl groups is 1. The normalized spacial score (nSPS) is 11.2. The van der Waals surface area contributed by atoms with Crippen molar-refractivity contribution in [3.63, 3.8) is 0 Å². The van der Waals surface area contributed by atoms with E-state index in [1.54, 1.807) is 53.1 Å². The van der Waals surface area contributed by atoms with Crippen LogP contribution in [0.3, 0.4) is 0 Å². The third-order valence-corrected chi connectivity index (χ3v) is 4.82. The highest BCUT2D eigenvalue weighted by atomic mass is 35.5. The molecule has 2 aromatic carbocycles. The summed E-state index contributed by atoms with van der Waals surface area (Å²) in [6.07, 6.45) is 4.20. The molecule has 3 aromatic rings. The molecule has 2 N–H and O–H groups in total. The van der Waals surface area contributed by atoms with E-state index in [1.807, 2.05) is 0 Å². The van der Waals surface area contributed by atoms with Crippen molar-refractivity contribution in [1.82, 2.24) is 9.99 Å². The summed E-state index contributed by atoms with van der Waals surface area (Å²) >= 11 is 5.92. The number of aryl methyl sites for hydroxylation is 1. The number of aromatic nitrogens is 1. The van der Waals surface area contributed by atoms with Crippen molar-refractivity contribution >= 4 is 34.6 Å². The molecule has 1 amide bonds. The predicted molar refractivity (Wildman–Crippen MR) is 116 cm³/mol. The van der Waals surface area contributed by atoms with Gasteiger partial charge < -0.3 is 9.67 Å². The summed E-state index contributed by atoms with van der Waals surface area (Å²) in [4.78, 5) is 25.6. The van der Waals surface area contributed by atoms with Crippen molar-refractivity contribution in [1.29, 1.82) is 0 Å². The molecule has 3 rings (SSSR count). The minimum Gasteiger partial charge on any atom is -0.506 e. The Bertz CT molecular complexity index is 1120. The highest BCUT2D eigenvalue weighted by Crippen LogP contribution is 2.26. The van der Waals surface area contributed by atoms with Gasteiger partial charge in [-0.1, -0.05) is 55.6 Å². The van der Waals surface area contributed by atoms with Crippen LogP contribution in [0.15, 0.2) is 58.4 Å². The van der Waals surface area contributed by atoms with Crippen LogP contribution in [0.4, 0.5) is 0 Å². The van der Waals surface area contributed by atoms with E-state index in [1.165, 1.54) is 6.21 Å². The van der Waals surface area contributed by atoms with Gasteiger partial charge in [0.2, 0.25) is 0 Å². The zero-order chi connectivity index (χ0) is 20.8. The zero-order valence-electron chi connectivity index (χ0n) is 16.1. The van der Waals surface area contributed by atoms with Crippen molar-refractivity contribution in [3.8, 4) is 5.75 Å². The molecule has 1 aromatic heterocycles. The number of amides is 1. The quantitative estimate of drug-likeness (QED) is 0.345. The Hall–Kier alpha value is -3.12. The summed E-state index contributed by atoms with van der Waals surface area (Å²) in [6, 6.07) is 13.9. The van der Waals surface area contributed by atoms with Crippen LogP contribution in [-0.2, 0) is 6.54 Å². The number of nitrogens with zero attached hydrogens (tertiary/aromatic N) is 2. The maximum Gasteiger partial charge on any atom is 0.280 e. The molecule has 0 fully saturated rings. The van der Waals surface area contributed by atoms with E-state index < -0.39 is 11.5 Å².